The molecule has 0 aliphatic rings. The number of hydrogen-bond donors (Lipinski definition) is 2. The highest BCUT2D eigenvalue weighted by Gasteiger charge is 2.08. The second-order valence-corrected chi connectivity index (χ2v) is 4.48. The van der Waals surface area contributed by atoms with Crippen molar-refractivity contribution in [3.05, 3.63) is 35.0 Å². The van der Waals surface area contributed by atoms with Crippen molar-refractivity contribution in [2.45, 2.75) is 38.1 Å². The Labute approximate surface area is 96.2 Å². The number of hydrazine groups is 1. The lowest BCUT2D eigenvalue weighted by molar-refractivity contribution is 0.485. The summed E-state index contributed by atoms with van der Waals surface area (Å²) in [6.07, 6.45) is 7.94. The Morgan fingerprint density at radius 3 is 2.93 bits per heavy atom. The first-order chi connectivity index (χ1) is 7.38. The molecular formula is C12H20N2S. The number of unbranched alkanes of at least 4 members (excludes halogenated alkanes) is 3. The molecule has 1 rings (SSSR count). The topological polar surface area (TPSA) is 38.0 Å². The molecule has 15 heavy (non-hydrogen) atoms. The van der Waals surface area contributed by atoms with E-state index in [0.717, 1.165) is 12.8 Å². The molecule has 1 heterocycles. The Bertz CT molecular complexity index is 257. The molecular weight excluding hydrogens is 204 g/mol. The zero-order valence-corrected chi connectivity index (χ0v) is 9.93. The molecule has 0 spiro atoms. The fourth-order valence-electron chi connectivity index (χ4n) is 1.63. The van der Waals surface area contributed by atoms with Gasteiger partial charge in [0, 0.05) is 6.04 Å². The van der Waals surface area contributed by atoms with Crippen LogP contribution in [0.15, 0.2) is 29.5 Å². The van der Waals surface area contributed by atoms with E-state index in [2.05, 4.69) is 28.8 Å². The maximum Gasteiger partial charge on any atom is 0.0468 e. The SMILES string of the molecule is C=CCCCCCC(NN)c1ccsc1. The van der Waals surface area contributed by atoms with E-state index in [-0.39, 0.29) is 0 Å². The predicted octanol–water partition coefficient (Wildman–Crippen LogP) is 3.39. The average molecular weight is 224 g/mol. The summed E-state index contributed by atoms with van der Waals surface area (Å²) in [7, 11) is 0. The quantitative estimate of drug-likeness (QED) is 0.307. The van der Waals surface area contributed by atoms with E-state index >= 15 is 0 Å². The monoisotopic (exact) mass is 224 g/mol. The third-order valence-electron chi connectivity index (χ3n) is 2.55. The standard InChI is InChI=1S/C12H20N2S/c1-2-3-4-5-6-7-12(14-13)11-8-9-15-10-11/h2,8-10,12,14H,1,3-7,13H2. The summed E-state index contributed by atoms with van der Waals surface area (Å²) in [5, 5.41) is 4.26. The van der Waals surface area contributed by atoms with Crippen molar-refractivity contribution in [1.29, 1.82) is 0 Å². The summed E-state index contributed by atoms with van der Waals surface area (Å²) in [5.74, 6) is 5.54. The van der Waals surface area contributed by atoms with Crippen molar-refractivity contribution in [3.63, 3.8) is 0 Å². The molecule has 0 bridgehead atoms. The van der Waals surface area contributed by atoms with Crippen LogP contribution in [0, 0.1) is 0 Å². The fourth-order valence-corrected chi connectivity index (χ4v) is 2.35. The molecule has 0 aromatic carbocycles. The molecule has 0 fully saturated rings. The van der Waals surface area contributed by atoms with Crippen LogP contribution < -0.4 is 11.3 Å². The van der Waals surface area contributed by atoms with Gasteiger partial charge in [0.25, 0.3) is 0 Å². The first kappa shape index (κ1) is 12.4. The van der Waals surface area contributed by atoms with E-state index in [1.807, 2.05) is 6.08 Å². The summed E-state index contributed by atoms with van der Waals surface area (Å²) in [6, 6.07) is 2.46. The third kappa shape index (κ3) is 4.60. The summed E-state index contributed by atoms with van der Waals surface area (Å²) < 4.78 is 0. The smallest absolute Gasteiger partial charge is 0.0468 e. The van der Waals surface area contributed by atoms with Crippen LogP contribution in [0.1, 0.15) is 43.7 Å². The zero-order valence-electron chi connectivity index (χ0n) is 9.11. The predicted molar refractivity (Wildman–Crippen MR) is 67.7 cm³/mol. The molecule has 3 heteroatoms. The number of nitrogens with two attached hydrogens (primary N) is 1. The van der Waals surface area contributed by atoms with Crippen LogP contribution in [0.2, 0.25) is 0 Å². The second kappa shape index (κ2) is 7.63. The Kier molecular flexibility index (Phi) is 6.32. The number of allylic oxidation sites excluding steroid dienone is 1. The van der Waals surface area contributed by atoms with Gasteiger partial charge in [0.2, 0.25) is 0 Å². The third-order valence-corrected chi connectivity index (χ3v) is 3.25. The Morgan fingerprint density at radius 2 is 2.33 bits per heavy atom. The van der Waals surface area contributed by atoms with E-state index in [0.29, 0.717) is 6.04 Å². The average Bonchev–Trinajstić information content (AvgIpc) is 2.77. The second-order valence-electron chi connectivity index (χ2n) is 3.70. The van der Waals surface area contributed by atoms with Gasteiger partial charge in [-0.15, -0.1) is 6.58 Å². The van der Waals surface area contributed by atoms with Gasteiger partial charge in [-0.25, -0.2) is 0 Å². The maximum absolute atomic E-state index is 5.54. The van der Waals surface area contributed by atoms with Crippen molar-refractivity contribution in [2.75, 3.05) is 0 Å². The van der Waals surface area contributed by atoms with E-state index < -0.39 is 0 Å². The van der Waals surface area contributed by atoms with Gasteiger partial charge in [0.1, 0.15) is 0 Å². The van der Waals surface area contributed by atoms with Crippen molar-refractivity contribution in [1.82, 2.24) is 5.43 Å². The minimum atomic E-state index is 0.319. The van der Waals surface area contributed by atoms with Crippen LogP contribution in [0.25, 0.3) is 0 Å². The van der Waals surface area contributed by atoms with Gasteiger partial charge in [-0.05, 0) is 41.7 Å². The molecule has 0 amide bonds. The molecule has 0 radical (unpaired) electrons. The lowest BCUT2D eigenvalue weighted by Crippen LogP contribution is -2.27. The fraction of sp³-hybridized carbons (Fsp3) is 0.500. The lowest BCUT2D eigenvalue weighted by atomic mass is 10.0. The molecule has 1 aromatic rings. The van der Waals surface area contributed by atoms with E-state index in [9.17, 15) is 0 Å². The van der Waals surface area contributed by atoms with E-state index in [1.54, 1.807) is 11.3 Å². The van der Waals surface area contributed by atoms with Gasteiger partial charge in [-0.2, -0.15) is 11.3 Å². The first-order valence-corrected chi connectivity index (χ1v) is 6.42. The molecule has 0 saturated carbocycles. The maximum atomic E-state index is 5.54. The Hall–Kier alpha value is -0.640. The van der Waals surface area contributed by atoms with Crippen LogP contribution in [0.4, 0.5) is 0 Å². The highest BCUT2D eigenvalue weighted by Crippen LogP contribution is 2.21. The van der Waals surface area contributed by atoms with Crippen molar-refractivity contribution < 1.29 is 0 Å². The molecule has 0 saturated heterocycles. The number of hydrogen-bond acceptors (Lipinski definition) is 3. The van der Waals surface area contributed by atoms with Gasteiger partial charge in [0.05, 0.1) is 0 Å². The van der Waals surface area contributed by atoms with Gasteiger partial charge in [0.15, 0.2) is 0 Å². The molecule has 0 aliphatic heterocycles. The largest absolute Gasteiger partial charge is 0.271 e. The van der Waals surface area contributed by atoms with Crippen LogP contribution in [0.3, 0.4) is 0 Å². The molecule has 1 unspecified atom stereocenters. The van der Waals surface area contributed by atoms with Crippen molar-refractivity contribution in [2.24, 2.45) is 5.84 Å². The summed E-state index contributed by atoms with van der Waals surface area (Å²) in [4.78, 5) is 0. The number of nitrogens with one attached hydrogen (secondary N) is 1. The minimum absolute atomic E-state index is 0.319. The van der Waals surface area contributed by atoms with Crippen molar-refractivity contribution >= 4 is 11.3 Å². The summed E-state index contributed by atoms with van der Waals surface area (Å²) in [5.41, 5.74) is 4.19. The number of thiophene rings is 1. The van der Waals surface area contributed by atoms with Gasteiger partial charge in [-0.1, -0.05) is 18.9 Å². The highest BCUT2D eigenvalue weighted by molar-refractivity contribution is 7.07. The molecule has 3 N–H and O–H groups in total. The van der Waals surface area contributed by atoms with Crippen molar-refractivity contribution in [3.8, 4) is 0 Å². The summed E-state index contributed by atoms with van der Waals surface area (Å²) >= 11 is 1.72. The minimum Gasteiger partial charge on any atom is -0.271 e. The molecule has 1 atom stereocenters. The van der Waals surface area contributed by atoms with Gasteiger partial charge < -0.3 is 0 Å². The van der Waals surface area contributed by atoms with Gasteiger partial charge >= 0.3 is 0 Å². The summed E-state index contributed by atoms with van der Waals surface area (Å²) in [6.45, 7) is 3.72. The highest BCUT2D eigenvalue weighted by atomic mass is 32.1. The van der Waals surface area contributed by atoms with Gasteiger partial charge in [-0.3, -0.25) is 11.3 Å². The van der Waals surface area contributed by atoms with Crippen LogP contribution in [-0.2, 0) is 0 Å². The Morgan fingerprint density at radius 1 is 1.47 bits per heavy atom. The Balaban J connectivity index is 2.20. The zero-order chi connectivity index (χ0) is 10.9. The lowest BCUT2D eigenvalue weighted by Gasteiger charge is -2.13. The normalized spacial score (nSPS) is 12.6. The van der Waals surface area contributed by atoms with Crippen LogP contribution in [-0.4, -0.2) is 0 Å². The molecule has 2 nitrogen and oxygen atoms in total. The first-order valence-electron chi connectivity index (χ1n) is 5.47. The van der Waals surface area contributed by atoms with E-state index in [1.165, 1.54) is 24.8 Å². The molecule has 1 aromatic heterocycles. The molecule has 84 valence electrons. The van der Waals surface area contributed by atoms with Crippen LogP contribution in [0.5, 0.6) is 0 Å². The number of rotatable bonds is 8. The van der Waals surface area contributed by atoms with E-state index in [4.69, 9.17) is 5.84 Å². The van der Waals surface area contributed by atoms with Crippen LogP contribution >= 0.6 is 11.3 Å². The molecule has 0 aliphatic carbocycles.